The molecule has 92 valence electrons. The van der Waals surface area contributed by atoms with E-state index in [4.69, 9.17) is 17.3 Å². The normalized spacial score (nSPS) is 9.82. The minimum absolute atomic E-state index is 0.0716. The van der Waals surface area contributed by atoms with Crippen LogP contribution >= 0.6 is 11.6 Å². The lowest BCUT2D eigenvalue weighted by Gasteiger charge is -2.11. The quantitative estimate of drug-likeness (QED) is 0.783. The van der Waals surface area contributed by atoms with Crippen molar-refractivity contribution in [2.24, 2.45) is 0 Å². The molecule has 3 N–H and O–H groups in total. The van der Waals surface area contributed by atoms with E-state index in [1.807, 2.05) is 0 Å². The fraction of sp³-hybridized carbons (Fsp3) is 0.273. The van der Waals surface area contributed by atoms with Crippen molar-refractivity contribution in [3.8, 4) is 0 Å². The Balaban J connectivity index is 2.70. The molecule has 0 aliphatic carbocycles. The summed E-state index contributed by atoms with van der Waals surface area (Å²) in [5, 5.41) is 2.90. The van der Waals surface area contributed by atoms with Crippen LogP contribution in [0.3, 0.4) is 0 Å². The monoisotopic (exact) mass is 255 g/mol. The van der Waals surface area contributed by atoms with Gasteiger partial charge in [-0.15, -0.1) is 0 Å². The molecule has 0 saturated carbocycles. The average molecular weight is 256 g/mol. The molecule has 0 fully saturated rings. The van der Waals surface area contributed by atoms with Crippen LogP contribution in [-0.2, 0) is 4.79 Å². The summed E-state index contributed by atoms with van der Waals surface area (Å²) in [5.74, 6) is -0.612. The fourth-order valence-electron chi connectivity index (χ4n) is 1.13. The van der Waals surface area contributed by atoms with E-state index in [1.54, 1.807) is 26.2 Å². The highest BCUT2D eigenvalue weighted by molar-refractivity contribution is 6.31. The third-order valence-electron chi connectivity index (χ3n) is 2.16. The number of benzene rings is 1. The summed E-state index contributed by atoms with van der Waals surface area (Å²) in [5.41, 5.74) is 6.23. The highest BCUT2D eigenvalue weighted by Crippen LogP contribution is 2.17. The average Bonchev–Trinajstić information content (AvgIpc) is 2.28. The van der Waals surface area contributed by atoms with Crippen LogP contribution in [0.15, 0.2) is 18.2 Å². The molecule has 0 atom stereocenters. The standard InChI is InChI=1S/C11H14ClN3O2/c1-15(2)10(16)6-14-11(17)8-5-7(12)3-4-9(8)13/h3-5H,6,13H2,1-2H3,(H,14,17). The van der Waals surface area contributed by atoms with Crippen molar-refractivity contribution in [2.75, 3.05) is 26.4 Å². The van der Waals surface area contributed by atoms with Gasteiger partial charge in [-0.3, -0.25) is 9.59 Å². The van der Waals surface area contributed by atoms with Gasteiger partial charge in [-0.1, -0.05) is 11.6 Å². The Morgan fingerprint density at radius 3 is 2.65 bits per heavy atom. The van der Waals surface area contributed by atoms with Crippen LogP contribution in [-0.4, -0.2) is 37.4 Å². The van der Waals surface area contributed by atoms with Gasteiger partial charge in [0.1, 0.15) is 0 Å². The van der Waals surface area contributed by atoms with Crippen LogP contribution in [0.4, 0.5) is 5.69 Å². The van der Waals surface area contributed by atoms with Gasteiger partial charge < -0.3 is 16.0 Å². The molecule has 1 aromatic rings. The topological polar surface area (TPSA) is 75.4 Å². The number of nitrogens with one attached hydrogen (secondary N) is 1. The lowest BCUT2D eigenvalue weighted by atomic mass is 10.1. The van der Waals surface area contributed by atoms with Crippen molar-refractivity contribution in [2.45, 2.75) is 0 Å². The third kappa shape index (κ3) is 3.64. The molecule has 0 bridgehead atoms. The molecule has 1 rings (SSSR count). The first kappa shape index (κ1) is 13.3. The zero-order valence-corrected chi connectivity index (χ0v) is 10.4. The van der Waals surface area contributed by atoms with E-state index < -0.39 is 5.91 Å². The van der Waals surface area contributed by atoms with Crippen molar-refractivity contribution in [1.82, 2.24) is 10.2 Å². The first-order valence-corrected chi connectivity index (χ1v) is 5.33. The molecule has 0 radical (unpaired) electrons. The summed E-state index contributed by atoms with van der Waals surface area (Å²) < 4.78 is 0. The number of carbonyl (C=O) groups excluding carboxylic acids is 2. The van der Waals surface area contributed by atoms with Crippen LogP contribution in [0.2, 0.25) is 5.02 Å². The molecule has 0 heterocycles. The second kappa shape index (κ2) is 5.54. The molecule has 17 heavy (non-hydrogen) atoms. The number of hydrogen-bond donors (Lipinski definition) is 2. The highest BCUT2D eigenvalue weighted by Gasteiger charge is 2.12. The second-order valence-corrected chi connectivity index (χ2v) is 4.14. The molecule has 0 saturated heterocycles. The van der Waals surface area contributed by atoms with Crippen LogP contribution in [0.1, 0.15) is 10.4 Å². The van der Waals surface area contributed by atoms with Gasteiger partial charge in [-0.25, -0.2) is 0 Å². The molecule has 6 heteroatoms. The van der Waals surface area contributed by atoms with Gasteiger partial charge in [0.25, 0.3) is 5.91 Å². The number of rotatable bonds is 3. The molecule has 0 spiro atoms. The Kier molecular flexibility index (Phi) is 4.34. The first-order valence-electron chi connectivity index (χ1n) is 4.95. The zero-order valence-electron chi connectivity index (χ0n) is 9.66. The molecule has 5 nitrogen and oxygen atoms in total. The van der Waals surface area contributed by atoms with E-state index in [9.17, 15) is 9.59 Å². The summed E-state index contributed by atoms with van der Waals surface area (Å²) in [7, 11) is 3.23. The number of amides is 2. The molecular formula is C11H14ClN3O2. The number of halogens is 1. The second-order valence-electron chi connectivity index (χ2n) is 3.70. The van der Waals surface area contributed by atoms with Crippen molar-refractivity contribution in [3.63, 3.8) is 0 Å². The predicted octanol–water partition coefficient (Wildman–Crippen LogP) is 0.740. The molecule has 0 aliphatic heterocycles. The van der Waals surface area contributed by atoms with Gasteiger partial charge in [-0.05, 0) is 18.2 Å². The zero-order chi connectivity index (χ0) is 13.0. The number of likely N-dealkylation sites (N-methyl/N-ethyl adjacent to an activating group) is 1. The Bertz CT molecular complexity index is 446. The van der Waals surface area contributed by atoms with E-state index in [2.05, 4.69) is 5.32 Å². The lowest BCUT2D eigenvalue weighted by Crippen LogP contribution is -2.36. The van der Waals surface area contributed by atoms with Crippen LogP contribution in [0.25, 0.3) is 0 Å². The Morgan fingerprint density at radius 2 is 2.06 bits per heavy atom. The van der Waals surface area contributed by atoms with E-state index >= 15 is 0 Å². The smallest absolute Gasteiger partial charge is 0.253 e. The minimum atomic E-state index is -0.416. The number of nitrogen functional groups attached to an aromatic ring is 1. The number of nitrogens with zero attached hydrogens (tertiary/aromatic N) is 1. The number of anilines is 1. The van der Waals surface area contributed by atoms with Gasteiger partial charge in [0.05, 0.1) is 12.1 Å². The number of nitrogens with two attached hydrogens (primary N) is 1. The first-order chi connectivity index (χ1) is 7.91. The van der Waals surface area contributed by atoms with Crippen LogP contribution < -0.4 is 11.1 Å². The third-order valence-corrected chi connectivity index (χ3v) is 2.39. The van der Waals surface area contributed by atoms with Gasteiger partial charge in [-0.2, -0.15) is 0 Å². The minimum Gasteiger partial charge on any atom is -0.398 e. The summed E-state index contributed by atoms with van der Waals surface area (Å²) in [6, 6.07) is 4.61. The lowest BCUT2D eigenvalue weighted by molar-refractivity contribution is -0.127. The van der Waals surface area contributed by atoms with Crippen molar-refractivity contribution >= 4 is 29.1 Å². The summed E-state index contributed by atoms with van der Waals surface area (Å²) >= 11 is 5.76. The van der Waals surface area contributed by atoms with Crippen LogP contribution in [0.5, 0.6) is 0 Å². The SMILES string of the molecule is CN(C)C(=O)CNC(=O)c1cc(Cl)ccc1N. The van der Waals surface area contributed by atoms with Gasteiger partial charge in [0, 0.05) is 24.8 Å². The van der Waals surface area contributed by atoms with Gasteiger partial charge >= 0.3 is 0 Å². The van der Waals surface area contributed by atoms with E-state index in [0.29, 0.717) is 10.7 Å². The molecule has 2 amide bonds. The molecule has 0 aliphatic rings. The van der Waals surface area contributed by atoms with Crippen molar-refractivity contribution in [1.29, 1.82) is 0 Å². The molecule has 0 unspecified atom stereocenters. The van der Waals surface area contributed by atoms with Crippen LogP contribution in [0, 0.1) is 0 Å². The summed E-state index contributed by atoms with van der Waals surface area (Å²) in [6.07, 6.45) is 0. The maximum atomic E-state index is 11.7. The Hall–Kier alpha value is -1.75. The summed E-state index contributed by atoms with van der Waals surface area (Å²) in [4.78, 5) is 24.4. The fourth-order valence-corrected chi connectivity index (χ4v) is 1.31. The van der Waals surface area contributed by atoms with Crippen molar-refractivity contribution in [3.05, 3.63) is 28.8 Å². The number of carbonyl (C=O) groups is 2. The Labute approximate surface area is 105 Å². The predicted molar refractivity (Wildman–Crippen MR) is 66.9 cm³/mol. The molecule has 0 aromatic heterocycles. The van der Waals surface area contributed by atoms with E-state index in [0.717, 1.165) is 0 Å². The molecular weight excluding hydrogens is 242 g/mol. The highest BCUT2D eigenvalue weighted by atomic mass is 35.5. The molecule has 1 aromatic carbocycles. The van der Waals surface area contributed by atoms with Gasteiger partial charge in [0.2, 0.25) is 5.91 Å². The number of hydrogen-bond acceptors (Lipinski definition) is 3. The van der Waals surface area contributed by atoms with E-state index in [-0.39, 0.29) is 18.0 Å². The van der Waals surface area contributed by atoms with Crippen molar-refractivity contribution < 1.29 is 9.59 Å². The maximum absolute atomic E-state index is 11.7. The maximum Gasteiger partial charge on any atom is 0.253 e. The van der Waals surface area contributed by atoms with Gasteiger partial charge in [0.15, 0.2) is 0 Å². The largest absolute Gasteiger partial charge is 0.398 e. The Morgan fingerprint density at radius 1 is 1.41 bits per heavy atom. The van der Waals surface area contributed by atoms with E-state index in [1.165, 1.54) is 11.0 Å². The summed E-state index contributed by atoms with van der Waals surface area (Å²) in [6.45, 7) is -0.0716.